The molecule has 4 aromatic carbocycles. The maximum atomic E-state index is 12.9. The molecule has 5 heteroatoms. The Kier molecular flexibility index (Phi) is 7.33. The number of rotatable bonds is 9. The van der Waals surface area contributed by atoms with Gasteiger partial charge in [0.25, 0.3) is 0 Å². The third-order valence-corrected chi connectivity index (χ3v) is 5.10. The molecule has 0 aromatic heterocycles. The van der Waals surface area contributed by atoms with Gasteiger partial charge >= 0.3 is 11.9 Å². The summed E-state index contributed by atoms with van der Waals surface area (Å²) in [6, 6.07) is 32.2. The van der Waals surface area contributed by atoms with Gasteiger partial charge in [0.15, 0.2) is 6.61 Å². The molecule has 0 spiro atoms. The van der Waals surface area contributed by atoms with E-state index in [1.165, 1.54) is 0 Å². The molecule has 5 nitrogen and oxygen atoms in total. The number of hydrogen-bond donors (Lipinski definition) is 0. The lowest BCUT2D eigenvalue weighted by atomic mass is 10.0. The molecule has 0 radical (unpaired) electrons. The van der Waals surface area contributed by atoms with Crippen molar-refractivity contribution in [1.82, 2.24) is 0 Å². The summed E-state index contributed by atoms with van der Waals surface area (Å²) in [5.74, 6) is -0.687. The van der Waals surface area contributed by atoms with Crippen LogP contribution in [0.5, 0.6) is 5.75 Å². The maximum absolute atomic E-state index is 12.9. The third kappa shape index (κ3) is 6.43. The summed E-state index contributed by atoms with van der Waals surface area (Å²) in [4.78, 5) is 25.3. The normalized spacial score (nSPS) is 11.5. The maximum Gasteiger partial charge on any atom is 0.348 e. The van der Waals surface area contributed by atoms with E-state index in [4.69, 9.17) is 14.2 Å². The minimum atomic E-state index is -1.08. The van der Waals surface area contributed by atoms with Crippen molar-refractivity contribution in [3.05, 3.63) is 114 Å². The molecule has 4 aromatic rings. The monoisotopic (exact) mass is 440 g/mol. The van der Waals surface area contributed by atoms with Crippen LogP contribution in [0.1, 0.15) is 11.1 Å². The van der Waals surface area contributed by atoms with Crippen LogP contribution in [-0.2, 0) is 32.1 Å². The summed E-state index contributed by atoms with van der Waals surface area (Å²) in [6.07, 6.45) is -0.878. The van der Waals surface area contributed by atoms with Crippen LogP contribution in [-0.4, -0.2) is 24.6 Å². The molecule has 0 aliphatic carbocycles. The van der Waals surface area contributed by atoms with Gasteiger partial charge in [-0.05, 0) is 34.0 Å². The molecular weight excluding hydrogens is 416 g/mol. The van der Waals surface area contributed by atoms with Crippen LogP contribution in [0.25, 0.3) is 10.8 Å². The van der Waals surface area contributed by atoms with E-state index in [0.717, 1.165) is 21.9 Å². The van der Waals surface area contributed by atoms with Gasteiger partial charge in [-0.3, -0.25) is 0 Å². The number of fused-ring (bicyclic) bond motifs is 1. The highest BCUT2D eigenvalue weighted by molar-refractivity contribution is 5.84. The number of ether oxygens (including phenoxy) is 3. The van der Waals surface area contributed by atoms with Gasteiger partial charge in [0, 0.05) is 6.42 Å². The van der Waals surface area contributed by atoms with Crippen LogP contribution in [0.15, 0.2) is 103 Å². The molecule has 0 aliphatic rings. The van der Waals surface area contributed by atoms with Crippen LogP contribution in [0.2, 0.25) is 0 Å². The molecule has 0 bridgehead atoms. The first kappa shape index (κ1) is 22.1. The highest BCUT2D eigenvalue weighted by Crippen LogP contribution is 2.18. The first-order chi connectivity index (χ1) is 16.2. The Morgan fingerprint density at radius 1 is 0.697 bits per heavy atom. The Balaban J connectivity index is 1.44. The fourth-order valence-corrected chi connectivity index (χ4v) is 3.43. The molecular formula is C28H24O5. The molecule has 1 atom stereocenters. The molecule has 0 N–H and O–H groups in total. The second kappa shape index (κ2) is 11.0. The number of carbonyl (C=O) groups is 2. The molecule has 0 saturated carbocycles. The predicted octanol–water partition coefficient (Wildman–Crippen LogP) is 5.12. The fraction of sp³-hybridized carbons (Fsp3) is 0.143. The number of hydrogen-bond acceptors (Lipinski definition) is 5. The van der Waals surface area contributed by atoms with E-state index in [1.807, 2.05) is 91.0 Å². The molecule has 0 fully saturated rings. The Morgan fingerprint density at radius 2 is 1.36 bits per heavy atom. The zero-order valence-electron chi connectivity index (χ0n) is 18.1. The lowest BCUT2D eigenvalue weighted by Crippen LogP contribution is -2.33. The second-order valence-electron chi connectivity index (χ2n) is 7.56. The van der Waals surface area contributed by atoms with Crippen molar-refractivity contribution in [3.63, 3.8) is 0 Å². The van der Waals surface area contributed by atoms with Gasteiger partial charge in [-0.1, -0.05) is 91.0 Å². The number of para-hydroxylation sites is 1. The van der Waals surface area contributed by atoms with Crippen molar-refractivity contribution in [2.75, 3.05) is 6.61 Å². The van der Waals surface area contributed by atoms with Crippen molar-refractivity contribution in [1.29, 1.82) is 0 Å². The Labute approximate surface area is 192 Å². The van der Waals surface area contributed by atoms with E-state index < -0.39 is 18.0 Å². The fourth-order valence-electron chi connectivity index (χ4n) is 3.43. The van der Waals surface area contributed by atoms with Crippen LogP contribution in [0.4, 0.5) is 0 Å². The zero-order valence-corrected chi connectivity index (χ0v) is 18.1. The summed E-state index contributed by atoms with van der Waals surface area (Å²) >= 11 is 0. The standard InChI is InChI=1S/C28H24O5/c29-27(20-31-25-13-5-2-6-14-25)33-26(28(30)32-19-21-9-3-1-4-10-21)18-22-15-16-23-11-7-8-12-24(23)17-22/h1-17,26H,18-20H2/t26-/m1/s1. The average Bonchev–Trinajstić information content (AvgIpc) is 2.87. The molecule has 0 heterocycles. The molecule has 0 saturated heterocycles. The highest BCUT2D eigenvalue weighted by Gasteiger charge is 2.25. The van der Waals surface area contributed by atoms with E-state index >= 15 is 0 Å². The average molecular weight is 440 g/mol. The summed E-state index contributed by atoms with van der Waals surface area (Å²) in [5, 5.41) is 2.14. The van der Waals surface area contributed by atoms with Crippen molar-refractivity contribution >= 4 is 22.7 Å². The lowest BCUT2D eigenvalue weighted by Gasteiger charge is -2.18. The zero-order chi connectivity index (χ0) is 22.9. The third-order valence-electron chi connectivity index (χ3n) is 5.10. The SMILES string of the molecule is O=C(COc1ccccc1)O[C@H](Cc1ccc2ccccc2c1)C(=O)OCc1ccccc1. The van der Waals surface area contributed by atoms with Crippen molar-refractivity contribution in [2.45, 2.75) is 19.1 Å². The van der Waals surface area contributed by atoms with Crippen LogP contribution in [0, 0.1) is 0 Å². The van der Waals surface area contributed by atoms with Gasteiger partial charge in [0.1, 0.15) is 12.4 Å². The second-order valence-corrected chi connectivity index (χ2v) is 7.56. The number of benzene rings is 4. The lowest BCUT2D eigenvalue weighted by molar-refractivity contribution is -0.169. The van der Waals surface area contributed by atoms with E-state index in [0.29, 0.717) is 5.75 Å². The van der Waals surface area contributed by atoms with E-state index in [2.05, 4.69) is 0 Å². The van der Waals surface area contributed by atoms with E-state index in [9.17, 15) is 9.59 Å². The summed E-state index contributed by atoms with van der Waals surface area (Å²) in [7, 11) is 0. The molecule has 33 heavy (non-hydrogen) atoms. The summed E-state index contributed by atoms with van der Waals surface area (Å²) in [6.45, 7) is -0.198. The Hall–Kier alpha value is -4.12. The van der Waals surface area contributed by atoms with Crippen LogP contribution >= 0.6 is 0 Å². The Morgan fingerprint density at radius 3 is 2.12 bits per heavy atom. The van der Waals surface area contributed by atoms with Crippen LogP contribution < -0.4 is 4.74 Å². The van der Waals surface area contributed by atoms with Crippen molar-refractivity contribution in [2.24, 2.45) is 0 Å². The quantitative estimate of drug-likeness (QED) is 0.338. The van der Waals surface area contributed by atoms with Gasteiger partial charge in [0.2, 0.25) is 6.10 Å². The van der Waals surface area contributed by atoms with E-state index in [1.54, 1.807) is 12.1 Å². The number of esters is 2. The van der Waals surface area contributed by atoms with Gasteiger partial charge in [-0.25, -0.2) is 9.59 Å². The van der Waals surface area contributed by atoms with Gasteiger partial charge in [0.05, 0.1) is 0 Å². The minimum Gasteiger partial charge on any atom is -0.482 e. The van der Waals surface area contributed by atoms with Gasteiger partial charge < -0.3 is 14.2 Å². The topological polar surface area (TPSA) is 61.8 Å². The van der Waals surface area contributed by atoms with E-state index in [-0.39, 0.29) is 19.6 Å². The predicted molar refractivity (Wildman–Crippen MR) is 126 cm³/mol. The molecule has 0 unspecified atom stereocenters. The first-order valence-corrected chi connectivity index (χ1v) is 10.7. The summed E-state index contributed by atoms with van der Waals surface area (Å²) in [5.41, 5.74) is 1.72. The molecule has 166 valence electrons. The highest BCUT2D eigenvalue weighted by atomic mass is 16.6. The first-order valence-electron chi connectivity index (χ1n) is 10.7. The smallest absolute Gasteiger partial charge is 0.348 e. The van der Waals surface area contributed by atoms with Crippen molar-refractivity contribution < 1.29 is 23.8 Å². The molecule has 0 amide bonds. The molecule has 4 rings (SSSR count). The van der Waals surface area contributed by atoms with Gasteiger partial charge in [-0.2, -0.15) is 0 Å². The largest absolute Gasteiger partial charge is 0.482 e. The van der Waals surface area contributed by atoms with Crippen molar-refractivity contribution in [3.8, 4) is 5.75 Å². The Bertz CT molecular complexity index is 1200. The van der Waals surface area contributed by atoms with Gasteiger partial charge in [-0.15, -0.1) is 0 Å². The minimum absolute atomic E-state index is 0.103. The molecule has 0 aliphatic heterocycles. The summed E-state index contributed by atoms with van der Waals surface area (Å²) < 4.78 is 16.4. The number of carbonyl (C=O) groups excluding carboxylic acids is 2. The van der Waals surface area contributed by atoms with Crippen LogP contribution in [0.3, 0.4) is 0 Å².